The van der Waals surface area contributed by atoms with Crippen molar-refractivity contribution in [3.8, 4) is 5.75 Å². The van der Waals surface area contributed by atoms with Crippen LogP contribution in [0.15, 0.2) is 17.0 Å². The standard InChI is InChI=1S/C9H11FN2O7S2/c1-20(15,16)3-2-19-8-4-6(10)9(21(11,17)18)5-7(8)12(13)14/h4-5H,2-3H2,1H3,(H2,11,17,18). The maximum Gasteiger partial charge on any atom is 0.312 e. The van der Waals surface area contributed by atoms with E-state index < -0.39 is 59.3 Å². The highest BCUT2D eigenvalue weighted by Gasteiger charge is 2.25. The fourth-order valence-electron chi connectivity index (χ4n) is 1.30. The maximum atomic E-state index is 13.6. The second-order valence-corrected chi connectivity index (χ2v) is 7.82. The van der Waals surface area contributed by atoms with Gasteiger partial charge in [-0.05, 0) is 0 Å². The molecule has 21 heavy (non-hydrogen) atoms. The summed E-state index contributed by atoms with van der Waals surface area (Å²) in [6.07, 6.45) is 0.926. The molecule has 0 aromatic heterocycles. The van der Waals surface area contributed by atoms with Crippen molar-refractivity contribution in [1.82, 2.24) is 0 Å². The van der Waals surface area contributed by atoms with Crippen molar-refractivity contribution in [2.75, 3.05) is 18.6 Å². The first-order chi connectivity index (χ1) is 9.42. The second-order valence-electron chi connectivity index (χ2n) is 4.03. The van der Waals surface area contributed by atoms with E-state index in [1.165, 1.54) is 0 Å². The van der Waals surface area contributed by atoms with Crippen molar-refractivity contribution in [3.05, 3.63) is 28.1 Å². The van der Waals surface area contributed by atoms with Gasteiger partial charge in [0.25, 0.3) is 0 Å². The SMILES string of the molecule is CS(=O)(=O)CCOc1cc(F)c(S(N)(=O)=O)cc1[N+](=O)[O-]. The molecule has 0 atom stereocenters. The van der Waals surface area contributed by atoms with Gasteiger partial charge in [-0.3, -0.25) is 10.1 Å². The molecule has 0 unspecified atom stereocenters. The van der Waals surface area contributed by atoms with Crippen LogP contribution in [0.2, 0.25) is 0 Å². The third kappa shape index (κ3) is 4.91. The molecular weight excluding hydrogens is 331 g/mol. The first kappa shape index (κ1) is 17.3. The average molecular weight is 342 g/mol. The number of rotatable bonds is 6. The van der Waals surface area contributed by atoms with E-state index in [1.54, 1.807) is 0 Å². The third-order valence-corrected chi connectivity index (χ3v) is 4.06. The number of nitrogens with two attached hydrogens (primary N) is 1. The molecule has 0 amide bonds. The van der Waals surface area contributed by atoms with Gasteiger partial charge in [-0.2, -0.15) is 0 Å². The molecular formula is C9H11FN2O7S2. The molecule has 0 spiro atoms. The zero-order chi connectivity index (χ0) is 16.4. The first-order valence-corrected chi connectivity index (χ1v) is 8.84. The Morgan fingerprint density at radius 3 is 2.33 bits per heavy atom. The van der Waals surface area contributed by atoms with Crippen LogP contribution in [0, 0.1) is 15.9 Å². The lowest BCUT2D eigenvalue weighted by atomic mass is 10.3. The minimum Gasteiger partial charge on any atom is -0.486 e. The van der Waals surface area contributed by atoms with Gasteiger partial charge in [0.1, 0.15) is 17.3 Å². The molecule has 0 aliphatic heterocycles. The van der Waals surface area contributed by atoms with Crippen LogP contribution in [0.1, 0.15) is 0 Å². The molecule has 9 nitrogen and oxygen atoms in total. The smallest absolute Gasteiger partial charge is 0.312 e. The van der Waals surface area contributed by atoms with Gasteiger partial charge < -0.3 is 4.74 Å². The van der Waals surface area contributed by atoms with E-state index in [0.29, 0.717) is 12.1 Å². The van der Waals surface area contributed by atoms with Gasteiger partial charge in [-0.25, -0.2) is 26.4 Å². The molecule has 1 rings (SSSR count). The van der Waals surface area contributed by atoms with Crippen LogP contribution in [-0.4, -0.2) is 40.4 Å². The number of ether oxygens (including phenoxy) is 1. The molecule has 0 radical (unpaired) electrons. The average Bonchev–Trinajstić information content (AvgIpc) is 2.24. The Morgan fingerprint density at radius 1 is 1.33 bits per heavy atom. The van der Waals surface area contributed by atoms with Crippen molar-refractivity contribution in [1.29, 1.82) is 0 Å². The molecule has 0 saturated carbocycles. The Morgan fingerprint density at radius 2 is 1.90 bits per heavy atom. The van der Waals surface area contributed by atoms with Crippen LogP contribution in [-0.2, 0) is 19.9 Å². The summed E-state index contributed by atoms with van der Waals surface area (Å²) in [7, 11) is -7.85. The quantitative estimate of drug-likeness (QED) is 0.556. The van der Waals surface area contributed by atoms with Crippen LogP contribution < -0.4 is 9.88 Å². The Bertz CT molecular complexity index is 774. The van der Waals surface area contributed by atoms with E-state index in [0.717, 1.165) is 6.26 Å². The highest BCUT2D eigenvalue weighted by molar-refractivity contribution is 7.90. The van der Waals surface area contributed by atoms with Gasteiger partial charge in [-0.1, -0.05) is 0 Å². The van der Waals surface area contributed by atoms with Gasteiger partial charge in [0, 0.05) is 18.4 Å². The van der Waals surface area contributed by atoms with Crippen molar-refractivity contribution in [3.63, 3.8) is 0 Å². The third-order valence-electron chi connectivity index (χ3n) is 2.23. The lowest BCUT2D eigenvalue weighted by Crippen LogP contribution is -2.16. The first-order valence-electron chi connectivity index (χ1n) is 5.23. The molecule has 2 N–H and O–H groups in total. The zero-order valence-corrected chi connectivity index (χ0v) is 12.3. The van der Waals surface area contributed by atoms with Crippen LogP contribution in [0.5, 0.6) is 5.75 Å². The highest BCUT2D eigenvalue weighted by atomic mass is 32.2. The Hall–Kier alpha value is -1.79. The van der Waals surface area contributed by atoms with E-state index in [9.17, 15) is 31.3 Å². The van der Waals surface area contributed by atoms with Gasteiger partial charge in [0.2, 0.25) is 10.0 Å². The van der Waals surface area contributed by atoms with Crippen molar-refractivity contribution in [2.45, 2.75) is 4.90 Å². The lowest BCUT2D eigenvalue weighted by molar-refractivity contribution is -0.386. The number of hydrogen-bond acceptors (Lipinski definition) is 7. The number of sulfonamides is 1. The monoisotopic (exact) mass is 342 g/mol. The Labute approximate surface area is 119 Å². The van der Waals surface area contributed by atoms with Gasteiger partial charge in [0.15, 0.2) is 15.6 Å². The summed E-state index contributed by atoms with van der Waals surface area (Å²) in [6.45, 7) is -0.451. The normalized spacial score (nSPS) is 12.1. The predicted molar refractivity (Wildman–Crippen MR) is 69.6 cm³/mol. The van der Waals surface area contributed by atoms with Gasteiger partial charge in [0.05, 0.1) is 10.7 Å². The van der Waals surface area contributed by atoms with Crippen molar-refractivity contribution < 1.29 is 30.9 Å². The van der Waals surface area contributed by atoms with Gasteiger partial charge in [-0.15, -0.1) is 0 Å². The summed E-state index contributed by atoms with van der Waals surface area (Å²) in [4.78, 5) is 8.77. The minimum atomic E-state index is -4.48. The number of nitrogens with zero attached hydrogens (tertiary/aromatic N) is 1. The van der Waals surface area contributed by atoms with Crippen LogP contribution in [0.25, 0.3) is 0 Å². The van der Waals surface area contributed by atoms with Crippen LogP contribution >= 0.6 is 0 Å². The zero-order valence-electron chi connectivity index (χ0n) is 10.6. The number of nitro groups is 1. The number of halogens is 1. The highest BCUT2D eigenvalue weighted by Crippen LogP contribution is 2.31. The number of benzene rings is 1. The van der Waals surface area contributed by atoms with Gasteiger partial charge >= 0.3 is 5.69 Å². The summed E-state index contributed by atoms with van der Waals surface area (Å²) in [6, 6.07) is 0.889. The number of sulfone groups is 1. The summed E-state index contributed by atoms with van der Waals surface area (Å²) in [5, 5.41) is 15.5. The molecule has 0 aliphatic carbocycles. The van der Waals surface area contributed by atoms with Crippen molar-refractivity contribution >= 4 is 25.5 Å². The van der Waals surface area contributed by atoms with Crippen molar-refractivity contribution in [2.24, 2.45) is 5.14 Å². The Balaban J connectivity index is 3.21. The summed E-state index contributed by atoms with van der Waals surface area (Å²) < 4.78 is 62.4. The van der Waals surface area contributed by atoms with E-state index >= 15 is 0 Å². The predicted octanol–water partition coefficient (Wildman–Crippen LogP) is -0.195. The molecule has 0 aliphatic rings. The van der Waals surface area contributed by atoms with E-state index in [1.807, 2.05) is 0 Å². The molecule has 0 heterocycles. The molecule has 0 bridgehead atoms. The topological polar surface area (TPSA) is 147 Å². The lowest BCUT2D eigenvalue weighted by Gasteiger charge is -2.08. The molecule has 0 saturated heterocycles. The molecule has 12 heteroatoms. The fourth-order valence-corrected chi connectivity index (χ4v) is 2.30. The fraction of sp³-hybridized carbons (Fsp3) is 0.333. The summed E-state index contributed by atoms with van der Waals surface area (Å²) in [5.41, 5.74) is -0.839. The second kappa shape index (κ2) is 5.91. The number of nitro benzene ring substituents is 1. The molecule has 118 valence electrons. The maximum absolute atomic E-state index is 13.6. The molecule has 1 aromatic rings. The van der Waals surface area contributed by atoms with Crippen LogP contribution in [0.4, 0.5) is 10.1 Å². The molecule has 0 fully saturated rings. The van der Waals surface area contributed by atoms with E-state index in [2.05, 4.69) is 0 Å². The summed E-state index contributed by atoms with van der Waals surface area (Å²) >= 11 is 0. The molecule has 1 aromatic carbocycles. The van der Waals surface area contributed by atoms with E-state index in [4.69, 9.17) is 9.88 Å². The largest absolute Gasteiger partial charge is 0.486 e. The number of primary sulfonamides is 1. The van der Waals surface area contributed by atoms with Crippen LogP contribution in [0.3, 0.4) is 0 Å². The minimum absolute atomic E-state index is 0.417. The van der Waals surface area contributed by atoms with E-state index in [-0.39, 0.29) is 0 Å². The Kier molecular flexibility index (Phi) is 4.86. The summed E-state index contributed by atoms with van der Waals surface area (Å²) in [5.74, 6) is -2.37. The number of hydrogen-bond donors (Lipinski definition) is 1.